The number of ether oxygens (including phenoxy) is 4. The molecule has 0 fully saturated rings. The Kier molecular flexibility index (Phi) is 55.5. The average molecular weight is 1210 g/mol. The monoisotopic (exact) mass is 1210 g/mol. The Labute approximate surface area is 498 Å². The molecule has 486 valence electrons. The summed E-state index contributed by atoms with van der Waals surface area (Å²) in [5.41, 5.74) is 0. The highest BCUT2D eigenvalue weighted by molar-refractivity contribution is 7.47. The molecule has 0 aromatic rings. The fourth-order valence-corrected chi connectivity index (χ4v) is 11.0. The lowest BCUT2D eigenvalue weighted by Crippen LogP contribution is -2.30. The summed E-state index contributed by atoms with van der Waals surface area (Å²) in [5.74, 6) is -1.33. The van der Waals surface area contributed by atoms with E-state index in [1.54, 1.807) is 0 Å². The number of phosphoric acid groups is 2. The lowest BCUT2D eigenvalue weighted by molar-refractivity contribution is -0.161. The number of rotatable bonds is 63. The summed E-state index contributed by atoms with van der Waals surface area (Å²) in [7, 11) is -9.87. The van der Waals surface area contributed by atoms with Crippen LogP contribution in [0, 0.1) is 5.92 Å². The third kappa shape index (κ3) is 57.2. The Balaban J connectivity index is 5.10. The maximum atomic E-state index is 13.0. The van der Waals surface area contributed by atoms with Gasteiger partial charge in [0.1, 0.15) is 19.3 Å². The number of hydrogen-bond acceptors (Lipinski definition) is 15. The number of hydrogen-bond donors (Lipinski definition) is 3. The van der Waals surface area contributed by atoms with Crippen molar-refractivity contribution < 1.29 is 80.2 Å². The zero-order valence-electron chi connectivity index (χ0n) is 52.6. The summed E-state index contributed by atoms with van der Waals surface area (Å²) >= 11 is 0. The first-order valence-electron chi connectivity index (χ1n) is 33.1. The van der Waals surface area contributed by atoms with Crippen LogP contribution in [0.5, 0.6) is 0 Å². The van der Waals surface area contributed by atoms with Gasteiger partial charge in [-0.15, -0.1) is 0 Å². The summed E-state index contributed by atoms with van der Waals surface area (Å²) in [5, 5.41) is 10.5. The van der Waals surface area contributed by atoms with Crippen molar-refractivity contribution in [2.75, 3.05) is 39.6 Å². The molecule has 0 aliphatic heterocycles. The normalized spacial score (nSPS) is 14.3. The predicted octanol–water partition coefficient (Wildman–Crippen LogP) is 17.4. The molecule has 3 N–H and O–H groups in total. The molecule has 0 saturated heterocycles. The first-order valence-corrected chi connectivity index (χ1v) is 36.1. The highest BCUT2D eigenvalue weighted by Crippen LogP contribution is 2.45. The molecule has 82 heavy (non-hydrogen) atoms. The van der Waals surface area contributed by atoms with E-state index >= 15 is 0 Å². The second-order valence-corrected chi connectivity index (χ2v) is 26.2. The summed E-state index contributed by atoms with van der Waals surface area (Å²) in [6.07, 6.45) is 40.7. The zero-order chi connectivity index (χ0) is 60.6. The van der Waals surface area contributed by atoms with E-state index in [0.29, 0.717) is 25.7 Å². The van der Waals surface area contributed by atoms with Gasteiger partial charge in [-0.1, -0.05) is 266 Å². The second kappa shape index (κ2) is 56.8. The Bertz CT molecular complexity index is 1600. The van der Waals surface area contributed by atoms with Gasteiger partial charge in [0.05, 0.1) is 26.4 Å². The predicted molar refractivity (Wildman–Crippen MR) is 326 cm³/mol. The van der Waals surface area contributed by atoms with Gasteiger partial charge in [-0.05, 0) is 31.6 Å². The molecule has 0 amide bonds. The Morgan fingerprint density at radius 2 is 0.561 bits per heavy atom. The van der Waals surface area contributed by atoms with Gasteiger partial charge >= 0.3 is 39.5 Å². The van der Waals surface area contributed by atoms with Crippen molar-refractivity contribution in [1.82, 2.24) is 0 Å². The molecule has 0 saturated carbocycles. The maximum absolute atomic E-state index is 13.0. The van der Waals surface area contributed by atoms with Gasteiger partial charge in [-0.25, -0.2) is 9.13 Å². The van der Waals surface area contributed by atoms with Gasteiger partial charge < -0.3 is 33.8 Å². The lowest BCUT2D eigenvalue weighted by atomic mass is 10.0. The van der Waals surface area contributed by atoms with Crippen LogP contribution in [-0.2, 0) is 65.4 Å². The lowest BCUT2D eigenvalue weighted by Gasteiger charge is -2.21. The van der Waals surface area contributed by atoms with E-state index in [4.69, 9.17) is 37.0 Å². The first kappa shape index (κ1) is 80.1. The van der Waals surface area contributed by atoms with Gasteiger partial charge in [-0.3, -0.25) is 37.3 Å². The standard InChI is InChI=1S/C63H122O17P2/c1-6-9-12-15-18-27-33-37-42-47-61(66)74-53-59(80-63(68)49-44-39-34-29-26-24-22-20-19-21-23-25-28-32-35-40-45-56(4)5)55-78-82(71,72)76-51-57(64)50-75-81(69,70)77-54-58(79-62(67)48-43-38-31-17-14-11-8-3)52-73-60(65)46-41-36-30-16-13-10-7-2/h56-59,64H,6-55H2,1-5H3,(H,69,70)(H,71,72)/t57-,58+,59+/m0/s1. The van der Waals surface area contributed by atoms with Gasteiger partial charge in [0.15, 0.2) is 12.2 Å². The fourth-order valence-electron chi connectivity index (χ4n) is 9.41. The van der Waals surface area contributed by atoms with Crippen LogP contribution in [0.1, 0.15) is 317 Å². The van der Waals surface area contributed by atoms with Crippen LogP contribution in [0.4, 0.5) is 0 Å². The van der Waals surface area contributed by atoms with E-state index in [1.807, 2.05) is 0 Å². The molecule has 0 aliphatic carbocycles. The quantitative estimate of drug-likeness (QED) is 0.0222. The third-order valence-electron chi connectivity index (χ3n) is 14.5. The Morgan fingerprint density at radius 3 is 0.829 bits per heavy atom. The molecule has 0 spiro atoms. The van der Waals surface area contributed by atoms with E-state index < -0.39 is 97.5 Å². The Morgan fingerprint density at radius 1 is 0.329 bits per heavy atom. The zero-order valence-corrected chi connectivity index (χ0v) is 54.4. The van der Waals surface area contributed by atoms with Crippen molar-refractivity contribution in [2.45, 2.75) is 335 Å². The Hall–Kier alpha value is -1.94. The minimum atomic E-state index is -4.94. The number of carbonyl (C=O) groups excluding carboxylic acids is 4. The van der Waals surface area contributed by atoms with Crippen molar-refractivity contribution in [2.24, 2.45) is 5.92 Å². The molecule has 5 atom stereocenters. The smallest absolute Gasteiger partial charge is 0.462 e. The van der Waals surface area contributed by atoms with Gasteiger partial charge in [0.2, 0.25) is 0 Å². The van der Waals surface area contributed by atoms with E-state index in [1.165, 1.54) is 116 Å². The third-order valence-corrected chi connectivity index (χ3v) is 16.4. The molecule has 0 heterocycles. The van der Waals surface area contributed by atoms with Crippen LogP contribution in [-0.4, -0.2) is 96.7 Å². The van der Waals surface area contributed by atoms with Crippen molar-refractivity contribution in [3.05, 3.63) is 0 Å². The molecule has 0 rings (SSSR count). The SMILES string of the molecule is CCCCCCCCCCCC(=O)OC[C@H](COP(=O)(O)OC[C@@H](O)COP(=O)(O)OC[C@@H](COC(=O)CCCCCCCCC)OC(=O)CCCCCCCCC)OC(=O)CCCCCCCCCCCCCCCCCCC(C)C. The van der Waals surface area contributed by atoms with Crippen LogP contribution in [0.2, 0.25) is 0 Å². The second-order valence-electron chi connectivity index (χ2n) is 23.3. The average Bonchev–Trinajstić information content (AvgIpc) is 3.46. The summed E-state index contributed by atoms with van der Waals surface area (Å²) in [6.45, 7) is 7.12. The minimum Gasteiger partial charge on any atom is -0.462 e. The summed E-state index contributed by atoms with van der Waals surface area (Å²) in [6, 6.07) is 0. The summed E-state index contributed by atoms with van der Waals surface area (Å²) in [4.78, 5) is 71.8. The number of carbonyl (C=O) groups is 4. The minimum absolute atomic E-state index is 0.103. The van der Waals surface area contributed by atoms with Crippen molar-refractivity contribution in [1.29, 1.82) is 0 Å². The van der Waals surface area contributed by atoms with Crippen molar-refractivity contribution >= 4 is 39.5 Å². The number of aliphatic hydroxyl groups excluding tert-OH is 1. The van der Waals surface area contributed by atoms with Crippen LogP contribution >= 0.6 is 15.6 Å². The van der Waals surface area contributed by atoms with Crippen LogP contribution in [0.15, 0.2) is 0 Å². The molecule has 0 aromatic heterocycles. The number of aliphatic hydroxyl groups is 1. The largest absolute Gasteiger partial charge is 0.472 e. The van der Waals surface area contributed by atoms with Crippen LogP contribution in [0.3, 0.4) is 0 Å². The number of esters is 4. The van der Waals surface area contributed by atoms with E-state index in [0.717, 1.165) is 121 Å². The fraction of sp³-hybridized carbons (Fsp3) is 0.937. The van der Waals surface area contributed by atoms with Crippen molar-refractivity contribution in [3.8, 4) is 0 Å². The summed E-state index contributed by atoms with van der Waals surface area (Å²) < 4.78 is 67.7. The first-order chi connectivity index (χ1) is 39.5. The molecule has 0 bridgehead atoms. The van der Waals surface area contributed by atoms with E-state index in [9.17, 15) is 43.2 Å². The number of unbranched alkanes of at least 4 members (excludes halogenated alkanes) is 35. The van der Waals surface area contributed by atoms with Crippen LogP contribution < -0.4 is 0 Å². The van der Waals surface area contributed by atoms with Crippen LogP contribution in [0.25, 0.3) is 0 Å². The highest BCUT2D eigenvalue weighted by atomic mass is 31.2. The molecule has 2 unspecified atom stereocenters. The van der Waals surface area contributed by atoms with Gasteiger partial charge in [-0.2, -0.15) is 0 Å². The molecule has 0 aliphatic rings. The van der Waals surface area contributed by atoms with E-state index in [-0.39, 0.29) is 25.7 Å². The molecular weight excluding hydrogens is 1090 g/mol. The molecule has 0 radical (unpaired) electrons. The molecule has 19 heteroatoms. The van der Waals surface area contributed by atoms with Crippen molar-refractivity contribution in [3.63, 3.8) is 0 Å². The van der Waals surface area contributed by atoms with E-state index in [2.05, 4.69) is 34.6 Å². The van der Waals surface area contributed by atoms with Gasteiger partial charge in [0, 0.05) is 25.7 Å². The molecule has 17 nitrogen and oxygen atoms in total. The molecular formula is C63H122O17P2. The topological polar surface area (TPSA) is 237 Å². The number of phosphoric ester groups is 2. The van der Waals surface area contributed by atoms with Gasteiger partial charge in [0.25, 0.3) is 0 Å². The highest BCUT2D eigenvalue weighted by Gasteiger charge is 2.30. The maximum Gasteiger partial charge on any atom is 0.472 e. The molecule has 0 aromatic carbocycles.